The summed E-state index contributed by atoms with van der Waals surface area (Å²) in [5, 5.41) is 20.3. The van der Waals surface area contributed by atoms with E-state index in [1.54, 1.807) is 0 Å². The number of hydrogen-bond acceptors (Lipinski definition) is 2. The van der Waals surface area contributed by atoms with Gasteiger partial charge in [-0.1, -0.05) is 59.7 Å². The zero-order chi connectivity index (χ0) is 25.2. The maximum atomic E-state index is 12.4. The summed E-state index contributed by atoms with van der Waals surface area (Å²) in [7, 11) is 0. The quantitative estimate of drug-likeness (QED) is 0.395. The van der Waals surface area contributed by atoms with Crippen molar-refractivity contribution in [3.63, 3.8) is 0 Å². The molecule has 0 amide bonds. The van der Waals surface area contributed by atoms with Crippen molar-refractivity contribution in [2.75, 3.05) is 0 Å². The lowest BCUT2D eigenvalue weighted by Crippen LogP contribution is -2.09. The third-order valence-corrected chi connectivity index (χ3v) is 6.37. The van der Waals surface area contributed by atoms with Crippen LogP contribution in [0.3, 0.4) is 0 Å². The normalized spacial score (nSPS) is 10.5. The molecular formula is C30H30O4. The van der Waals surface area contributed by atoms with Gasteiger partial charge in [-0.3, -0.25) is 0 Å². The number of benzene rings is 3. The zero-order valence-electron chi connectivity index (χ0n) is 20.5. The van der Waals surface area contributed by atoms with Crippen LogP contribution in [-0.2, 0) is 0 Å². The number of hydrogen-bond donors (Lipinski definition) is 2. The number of allylic oxidation sites excluding steroid dienone is 4. The highest BCUT2D eigenvalue weighted by atomic mass is 16.4. The SMILES string of the molecule is CC(C)=C(C)c1ccccc1-c1c(C(=O)O)ccc(C(=O)O)c1-c1ccccc1C(C)=C(C)C. The van der Waals surface area contributed by atoms with Crippen molar-refractivity contribution in [2.45, 2.75) is 41.5 Å². The molecule has 0 aliphatic carbocycles. The van der Waals surface area contributed by atoms with Crippen LogP contribution in [0.4, 0.5) is 0 Å². The first kappa shape index (κ1) is 24.7. The number of carboxylic acid groups (broad SMARTS) is 2. The van der Waals surface area contributed by atoms with Crippen molar-refractivity contribution in [3.05, 3.63) is 94.1 Å². The lowest BCUT2D eigenvalue weighted by molar-refractivity contribution is 0.0682. The summed E-state index contributed by atoms with van der Waals surface area (Å²) in [6.45, 7) is 12.0. The van der Waals surface area contributed by atoms with Crippen molar-refractivity contribution in [2.24, 2.45) is 0 Å². The first-order chi connectivity index (χ1) is 16.1. The summed E-state index contributed by atoms with van der Waals surface area (Å²) in [5.74, 6) is -2.21. The van der Waals surface area contributed by atoms with Crippen molar-refractivity contribution in [1.29, 1.82) is 0 Å². The number of rotatable bonds is 6. The molecule has 34 heavy (non-hydrogen) atoms. The van der Waals surface area contributed by atoms with Crippen LogP contribution in [0.5, 0.6) is 0 Å². The Labute approximate surface area is 200 Å². The summed E-state index contributed by atoms with van der Waals surface area (Å²) >= 11 is 0. The minimum atomic E-state index is -1.10. The van der Waals surface area contributed by atoms with Gasteiger partial charge in [0, 0.05) is 11.1 Å². The van der Waals surface area contributed by atoms with Gasteiger partial charge in [-0.05, 0) is 87.1 Å². The summed E-state index contributed by atoms with van der Waals surface area (Å²) in [5.41, 5.74) is 8.35. The fraction of sp³-hybridized carbons (Fsp3) is 0.200. The fourth-order valence-corrected chi connectivity index (χ4v) is 4.11. The summed E-state index contributed by atoms with van der Waals surface area (Å²) < 4.78 is 0. The monoisotopic (exact) mass is 454 g/mol. The molecule has 174 valence electrons. The van der Waals surface area contributed by atoms with Gasteiger partial charge >= 0.3 is 11.9 Å². The smallest absolute Gasteiger partial charge is 0.336 e. The molecular weight excluding hydrogens is 424 g/mol. The van der Waals surface area contributed by atoms with Gasteiger partial charge in [0.1, 0.15) is 0 Å². The van der Waals surface area contributed by atoms with E-state index in [1.165, 1.54) is 12.1 Å². The Balaban J connectivity index is 2.62. The second kappa shape index (κ2) is 9.92. The van der Waals surface area contributed by atoms with E-state index in [9.17, 15) is 19.8 Å². The predicted octanol–water partition coefficient (Wildman–Crippen LogP) is 8.04. The average Bonchev–Trinajstić information content (AvgIpc) is 2.81. The Kier molecular flexibility index (Phi) is 7.21. The van der Waals surface area contributed by atoms with E-state index in [0.717, 1.165) is 33.4 Å². The Bertz CT molecular complexity index is 1240. The molecule has 4 nitrogen and oxygen atoms in total. The second-order valence-electron chi connectivity index (χ2n) is 8.86. The molecule has 0 saturated carbocycles. The fourth-order valence-electron chi connectivity index (χ4n) is 4.11. The standard InChI is InChI=1S/C30H30O4/c1-17(2)19(5)21-11-7-9-13-23(21)27-25(29(31)32)15-16-26(30(33)34)28(27)24-14-10-8-12-22(24)20(6)18(3)4/h7-16H,1-6H3,(H,31,32)(H,33,34). The summed E-state index contributed by atoms with van der Waals surface area (Å²) in [6.07, 6.45) is 0. The molecule has 0 heterocycles. The van der Waals surface area contributed by atoms with Crippen LogP contribution in [0.1, 0.15) is 73.4 Å². The highest BCUT2D eigenvalue weighted by molar-refractivity contribution is 6.10. The molecule has 3 rings (SSSR count). The molecule has 0 spiro atoms. The Morgan fingerprint density at radius 1 is 0.500 bits per heavy atom. The number of aromatic carboxylic acids is 2. The summed E-state index contributed by atoms with van der Waals surface area (Å²) in [6, 6.07) is 18.0. The number of carboxylic acids is 2. The van der Waals surface area contributed by atoms with Crippen molar-refractivity contribution >= 4 is 23.1 Å². The van der Waals surface area contributed by atoms with Crippen LogP contribution in [0, 0.1) is 0 Å². The van der Waals surface area contributed by atoms with Gasteiger partial charge in [-0.15, -0.1) is 0 Å². The third kappa shape index (κ3) is 4.58. The van der Waals surface area contributed by atoms with E-state index < -0.39 is 11.9 Å². The van der Waals surface area contributed by atoms with E-state index in [1.807, 2.05) is 90.1 Å². The highest BCUT2D eigenvalue weighted by Crippen LogP contribution is 2.43. The van der Waals surface area contributed by atoms with Crippen LogP contribution in [0.25, 0.3) is 33.4 Å². The Morgan fingerprint density at radius 2 is 0.824 bits per heavy atom. The molecule has 3 aromatic carbocycles. The zero-order valence-corrected chi connectivity index (χ0v) is 20.5. The van der Waals surface area contributed by atoms with Gasteiger partial charge in [0.2, 0.25) is 0 Å². The van der Waals surface area contributed by atoms with E-state index in [2.05, 4.69) is 0 Å². The van der Waals surface area contributed by atoms with Crippen LogP contribution in [-0.4, -0.2) is 22.2 Å². The van der Waals surface area contributed by atoms with Crippen molar-refractivity contribution in [1.82, 2.24) is 0 Å². The predicted molar refractivity (Wildman–Crippen MR) is 139 cm³/mol. The Morgan fingerprint density at radius 3 is 1.12 bits per heavy atom. The molecule has 0 radical (unpaired) electrons. The van der Waals surface area contributed by atoms with Gasteiger partial charge in [0.25, 0.3) is 0 Å². The molecule has 0 atom stereocenters. The maximum Gasteiger partial charge on any atom is 0.336 e. The molecule has 3 aromatic rings. The largest absolute Gasteiger partial charge is 0.478 e. The van der Waals surface area contributed by atoms with Crippen LogP contribution in [0.15, 0.2) is 71.8 Å². The van der Waals surface area contributed by atoms with Crippen molar-refractivity contribution in [3.8, 4) is 22.3 Å². The first-order valence-electron chi connectivity index (χ1n) is 11.2. The molecule has 0 saturated heterocycles. The second-order valence-corrected chi connectivity index (χ2v) is 8.86. The van der Waals surface area contributed by atoms with Crippen LogP contribution < -0.4 is 0 Å². The molecule has 0 unspecified atom stereocenters. The minimum absolute atomic E-state index is 0.0682. The average molecular weight is 455 g/mol. The molecule has 0 aromatic heterocycles. The van der Waals surface area contributed by atoms with E-state index in [4.69, 9.17) is 0 Å². The summed E-state index contributed by atoms with van der Waals surface area (Å²) in [4.78, 5) is 24.9. The maximum absolute atomic E-state index is 12.4. The van der Waals surface area contributed by atoms with E-state index in [0.29, 0.717) is 22.3 Å². The third-order valence-electron chi connectivity index (χ3n) is 6.37. The molecule has 0 aliphatic rings. The molecule has 2 N–H and O–H groups in total. The van der Waals surface area contributed by atoms with Crippen molar-refractivity contribution < 1.29 is 19.8 Å². The van der Waals surface area contributed by atoms with E-state index in [-0.39, 0.29) is 11.1 Å². The minimum Gasteiger partial charge on any atom is -0.478 e. The number of carbonyl (C=O) groups is 2. The van der Waals surface area contributed by atoms with E-state index >= 15 is 0 Å². The molecule has 0 fully saturated rings. The molecule has 0 aliphatic heterocycles. The van der Waals surface area contributed by atoms with Gasteiger partial charge in [0.15, 0.2) is 0 Å². The first-order valence-corrected chi connectivity index (χ1v) is 11.2. The molecule has 4 heteroatoms. The van der Waals surface area contributed by atoms with Gasteiger partial charge in [-0.25, -0.2) is 9.59 Å². The van der Waals surface area contributed by atoms with Crippen LogP contribution in [0.2, 0.25) is 0 Å². The van der Waals surface area contributed by atoms with Crippen LogP contribution >= 0.6 is 0 Å². The van der Waals surface area contributed by atoms with Gasteiger partial charge in [0.05, 0.1) is 11.1 Å². The topological polar surface area (TPSA) is 74.6 Å². The highest BCUT2D eigenvalue weighted by Gasteiger charge is 2.26. The van der Waals surface area contributed by atoms with Gasteiger partial charge in [-0.2, -0.15) is 0 Å². The lowest BCUT2D eigenvalue weighted by atomic mass is 9.81. The molecule has 0 bridgehead atoms. The lowest BCUT2D eigenvalue weighted by Gasteiger charge is -2.22. The Hall–Kier alpha value is -3.92. The van der Waals surface area contributed by atoms with Gasteiger partial charge < -0.3 is 10.2 Å².